The zero-order valence-corrected chi connectivity index (χ0v) is 17.3. The molecule has 152 valence electrons. The maximum absolute atomic E-state index is 13.4. The van der Waals surface area contributed by atoms with E-state index in [2.05, 4.69) is 10.3 Å². The second kappa shape index (κ2) is 8.04. The summed E-state index contributed by atoms with van der Waals surface area (Å²) in [5.74, 6) is 1.12. The first-order valence-corrected chi connectivity index (χ1v) is 10.7. The van der Waals surface area contributed by atoms with Gasteiger partial charge in [-0.2, -0.15) is 0 Å². The van der Waals surface area contributed by atoms with E-state index in [1.165, 1.54) is 6.20 Å². The van der Waals surface area contributed by atoms with Crippen molar-refractivity contribution in [2.75, 3.05) is 19.5 Å². The highest BCUT2D eigenvalue weighted by Crippen LogP contribution is 2.37. The van der Waals surface area contributed by atoms with E-state index in [-0.39, 0.29) is 9.79 Å². The average Bonchev–Trinajstić information content (AvgIpc) is 2.79. The number of sulfone groups is 1. The van der Waals surface area contributed by atoms with Gasteiger partial charge in [0.2, 0.25) is 9.84 Å². The van der Waals surface area contributed by atoms with E-state index < -0.39 is 9.84 Å². The first kappa shape index (κ1) is 19.7. The van der Waals surface area contributed by atoms with Gasteiger partial charge < -0.3 is 14.8 Å². The normalized spacial score (nSPS) is 11.3. The van der Waals surface area contributed by atoms with Crippen LogP contribution in [-0.4, -0.2) is 27.6 Å². The fourth-order valence-corrected chi connectivity index (χ4v) is 4.63. The number of methoxy groups -OCH3 is 2. The van der Waals surface area contributed by atoms with Crippen LogP contribution < -0.4 is 14.8 Å². The predicted octanol–water partition coefficient (Wildman–Crippen LogP) is 4.83. The number of hydrogen-bond acceptors (Lipinski definition) is 6. The number of pyridine rings is 1. The molecule has 0 radical (unpaired) electrons. The van der Waals surface area contributed by atoms with Crippen molar-refractivity contribution in [1.29, 1.82) is 0 Å². The van der Waals surface area contributed by atoms with E-state index in [1.807, 2.05) is 24.3 Å². The predicted molar refractivity (Wildman–Crippen MR) is 116 cm³/mol. The average molecular weight is 420 g/mol. The van der Waals surface area contributed by atoms with E-state index in [4.69, 9.17) is 9.47 Å². The molecule has 6 nitrogen and oxygen atoms in total. The Labute approximate surface area is 175 Å². The van der Waals surface area contributed by atoms with Gasteiger partial charge in [-0.05, 0) is 30.3 Å². The van der Waals surface area contributed by atoms with Gasteiger partial charge in [0.1, 0.15) is 4.90 Å². The molecule has 4 rings (SSSR count). The maximum Gasteiger partial charge on any atom is 0.210 e. The molecule has 1 heterocycles. The summed E-state index contributed by atoms with van der Waals surface area (Å²) >= 11 is 0. The van der Waals surface area contributed by atoms with Gasteiger partial charge in [0.15, 0.2) is 11.5 Å². The molecule has 0 atom stereocenters. The fraction of sp³-hybridized carbons (Fsp3) is 0.0870. The standard InChI is InChI=1S/C23H20N2O4S/c1-28-20-13-12-16(14-21(20)29-2)25-23-18-10-6-7-11-19(18)24-15-22(23)30(26,27)17-8-4-3-5-9-17/h3-15H,1-2H3,(H,24,25). The highest BCUT2D eigenvalue weighted by molar-refractivity contribution is 7.91. The molecule has 0 aliphatic carbocycles. The lowest BCUT2D eigenvalue weighted by molar-refractivity contribution is 0.355. The van der Waals surface area contributed by atoms with Crippen molar-refractivity contribution in [2.24, 2.45) is 0 Å². The van der Waals surface area contributed by atoms with Crippen molar-refractivity contribution >= 4 is 32.1 Å². The molecule has 1 aromatic heterocycles. The van der Waals surface area contributed by atoms with Crippen LogP contribution in [0.2, 0.25) is 0 Å². The minimum atomic E-state index is -3.79. The Morgan fingerprint density at radius 3 is 2.27 bits per heavy atom. The zero-order chi connectivity index (χ0) is 21.1. The van der Waals surface area contributed by atoms with Gasteiger partial charge in [-0.25, -0.2) is 8.42 Å². The summed E-state index contributed by atoms with van der Waals surface area (Å²) in [6, 6.07) is 21.0. The summed E-state index contributed by atoms with van der Waals surface area (Å²) < 4.78 is 37.4. The first-order valence-electron chi connectivity index (χ1n) is 9.21. The van der Waals surface area contributed by atoms with Crippen molar-refractivity contribution in [3.05, 3.63) is 79.0 Å². The third-order valence-corrected chi connectivity index (χ3v) is 6.52. The van der Waals surface area contributed by atoms with Crippen molar-refractivity contribution in [2.45, 2.75) is 9.79 Å². The molecule has 0 fully saturated rings. The van der Waals surface area contributed by atoms with Crippen LogP contribution in [0.4, 0.5) is 11.4 Å². The number of para-hydroxylation sites is 1. The van der Waals surface area contributed by atoms with Gasteiger partial charge in [-0.1, -0.05) is 36.4 Å². The molecule has 30 heavy (non-hydrogen) atoms. The molecule has 0 aliphatic rings. The van der Waals surface area contributed by atoms with Crippen molar-refractivity contribution < 1.29 is 17.9 Å². The summed E-state index contributed by atoms with van der Waals surface area (Å²) in [5, 5.41) is 3.96. The molecular weight excluding hydrogens is 400 g/mol. The van der Waals surface area contributed by atoms with Crippen LogP contribution in [0.15, 0.2) is 88.8 Å². The molecule has 4 aromatic rings. The molecule has 0 spiro atoms. The summed E-state index contributed by atoms with van der Waals surface area (Å²) in [5.41, 5.74) is 1.80. The molecule has 0 aliphatic heterocycles. The van der Waals surface area contributed by atoms with E-state index >= 15 is 0 Å². The zero-order valence-electron chi connectivity index (χ0n) is 16.5. The number of benzene rings is 3. The second-order valence-electron chi connectivity index (χ2n) is 6.53. The van der Waals surface area contributed by atoms with Crippen molar-refractivity contribution in [3.8, 4) is 11.5 Å². The smallest absolute Gasteiger partial charge is 0.210 e. The number of aromatic nitrogens is 1. The quantitative estimate of drug-likeness (QED) is 0.481. The fourth-order valence-electron chi connectivity index (χ4n) is 3.24. The number of rotatable bonds is 6. The Kier molecular flexibility index (Phi) is 5.29. The van der Waals surface area contributed by atoms with Gasteiger partial charge in [-0.3, -0.25) is 4.98 Å². The minimum absolute atomic E-state index is 0.0992. The molecular formula is C23H20N2O4S. The highest BCUT2D eigenvalue weighted by Gasteiger charge is 2.24. The molecule has 0 unspecified atom stereocenters. The lowest BCUT2D eigenvalue weighted by atomic mass is 10.1. The second-order valence-corrected chi connectivity index (χ2v) is 8.44. The van der Waals surface area contributed by atoms with E-state index in [1.54, 1.807) is 62.8 Å². The van der Waals surface area contributed by atoms with Gasteiger partial charge in [0.25, 0.3) is 0 Å². The summed E-state index contributed by atoms with van der Waals surface area (Å²) in [7, 11) is -0.679. The Bertz CT molecular complexity index is 1310. The van der Waals surface area contributed by atoms with Crippen LogP contribution in [0.25, 0.3) is 10.9 Å². The molecule has 0 saturated heterocycles. The monoisotopic (exact) mass is 420 g/mol. The molecule has 0 amide bonds. The van der Waals surface area contributed by atoms with Crippen molar-refractivity contribution in [1.82, 2.24) is 4.98 Å². The number of hydrogen-bond donors (Lipinski definition) is 1. The van der Waals surface area contributed by atoms with Crippen LogP contribution in [0, 0.1) is 0 Å². The maximum atomic E-state index is 13.4. The number of nitrogens with zero attached hydrogens (tertiary/aromatic N) is 1. The van der Waals surface area contributed by atoms with Crippen LogP contribution in [0.5, 0.6) is 11.5 Å². The number of nitrogens with one attached hydrogen (secondary N) is 1. The highest BCUT2D eigenvalue weighted by atomic mass is 32.2. The van der Waals surface area contributed by atoms with Crippen LogP contribution >= 0.6 is 0 Å². The SMILES string of the molecule is COc1ccc(Nc2c(S(=O)(=O)c3ccccc3)cnc3ccccc23)cc1OC. The molecule has 0 bridgehead atoms. The summed E-state index contributed by atoms with van der Waals surface area (Å²) in [6.07, 6.45) is 1.40. The van der Waals surface area contributed by atoms with Gasteiger partial charge in [-0.15, -0.1) is 0 Å². The van der Waals surface area contributed by atoms with Gasteiger partial charge >= 0.3 is 0 Å². The van der Waals surface area contributed by atoms with E-state index in [9.17, 15) is 8.42 Å². The van der Waals surface area contributed by atoms with Gasteiger partial charge in [0, 0.05) is 23.3 Å². The summed E-state index contributed by atoms with van der Waals surface area (Å²) in [6.45, 7) is 0. The largest absolute Gasteiger partial charge is 0.493 e. The first-order chi connectivity index (χ1) is 14.5. The third-order valence-electron chi connectivity index (χ3n) is 4.74. The van der Waals surface area contributed by atoms with E-state index in [0.29, 0.717) is 33.8 Å². The van der Waals surface area contributed by atoms with Crippen LogP contribution in [-0.2, 0) is 9.84 Å². The molecule has 7 heteroatoms. The molecule has 3 aromatic carbocycles. The van der Waals surface area contributed by atoms with Crippen molar-refractivity contribution in [3.63, 3.8) is 0 Å². The Hall–Kier alpha value is -3.58. The van der Waals surface area contributed by atoms with Crippen LogP contribution in [0.1, 0.15) is 0 Å². The third kappa shape index (κ3) is 3.55. The number of fused-ring (bicyclic) bond motifs is 1. The summed E-state index contributed by atoms with van der Waals surface area (Å²) in [4.78, 5) is 4.68. The number of ether oxygens (including phenoxy) is 2. The molecule has 1 N–H and O–H groups in total. The lowest BCUT2D eigenvalue weighted by Gasteiger charge is -2.16. The lowest BCUT2D eigenvalue weighted by Crippen LogP contribution is -2.07. The Morgan fingerprint density at radius 2 is 1.53 bits per heavy atom. The van der Waals surface area contributed by atoms with E-state index in [0.717, 1.165) is 0 Å². The number of anilines is 2. The molecule has 0 saturated carbocycles. The Balaban J connectivity index is 1.91. The van der Waals surface area contributed by atoms with Gasteiger partial charge in [0.05, 0.1) is 30.3 Å². The topological polar surface area (TPSA) is 77.5 Å². The Morgan fingerprint density at radius 1 is 0.833 bits per heavy atom. The van der Waals surface area contributed by atoms with Crippen LogP contribution in [0.3, 0.4) is 0 Å². The minimum Gasteiger partial charge on any atom is -0.493 e.